The van der Waals surface area contributed by atoms with Crippen molar-refractivity contribution in [2.45, 2.75) is 13.0 Å². The molecule has 0 bridgehead atoms. The average Bonchev–Trinajstić information content (AvgIpc) is 2.67. The standard InChI is InChI=1S/C12H14BrN3O/c1-8(14)9-3-4-12(11(13)5-9)17-10-6-15-16(2)7-10/h3-8H,14H2,1-2H3. The first-order valence-electron chi connectivity index (χ1n) is 5.28. The number of nitrogens with two attached hydrogens (primary N) is 1. The summed E-state index contributed by atoms with van der Waals surface area (Å²) in [5, 5.41) is 4.04. The molecule has 1 heterocycles. The number of halogens is 1. The van der Waals surface area contributed by atoms with Crippen LogP contribution >= 0.6 is 15.9 Å². The van der Waals surface area contributed by atoms with Gasteiger partial charge in [0.05, 0.1) is 16.9 Å². The van der Waals surface area contributed by atoms with Gasteiger partial charge in [0.15, 0.2) is 5.75 Å². The maximum atomic E-state index is 5.81. The Morgan fingerprint density at radius 3 is 2.76 bits per heavy atom. The number of rotatable bonds is 3. The highest BCUT2D eigenvalue weighted by Crippen LogP contribution is 2.31. The molecule has 2 aromatic rings. The molecule has 1 aromatic heterocycles. The lowest BCUT2D eigenvalue weighted by atomic mass is 10.1. The summed E-state index contributed by atoms with van der Waals surface area (Å²) in [6.07, 6.45) is 3.48. The van der Waals surface area contributed by atoms with Crippen molar-refractivity contribution < 1.29 is 4.74 Å². The molecule has 1 unspecified atom stereocenters. The molecule has 0 aliphatic carbocycles. The number of nitrogens with zero attached hydrogens (tertiary/aromatic N) is 2. The maximum Gasteiger partial charge on any atom is 0.165 e. The van der Waals surface area contributed by atoms with Crippen molar-refractivity contribution in [3.05, 3.63) is 40.6 Å². The highest BCUT2D eigenvalue weighted by molar-refractivity contribution is 9.10. The van der Waals surface area contributed by atoms with Gasteiger partial charge in [0.25, 0.3) is 0 Å². The predicted octanol–water partition coefficient (Wildman–Crippen LogP) is 2.99. The summed E-state index contributed by atoms with van der Waals surface area (Å²) < 4.78 is 8.27. The average molecular weight is 296 g/mol. The molecule has 1 aromatic carbocycles. The monoisotopic (exact) mass is 295 g/mol. The first-order valence-corrected chi connectivity index (χ1v) is 6.07. The van der Waals surface area contributed by atoms with Crippen LogP contribution in [0.2, 0.25) is 0 Å². The van der Waals surface area contributed by atoms with E-state index in [1.807, 2.05) is 38.4 Å². The van der Waals surface area contributed by atoms with Gasteiger partial charge in [-0.15, -0.1) is 0 Å². The fraction of sp³-hybridized carbons (Fsp3) is 0.250. The van der Waals surface area contributed by atoms with Gasteiger partial charge in [0.1, 0.15) is 5.75 Å². The van der Waals surface area contributed by atoms with Crippen LogP contribution < -0.4 is 10.5 Å². The van der Waals surface area contributed by atoms with Crippen LogP contribution in [0.3, 0.4) is 0 Å². The summed E-state index contributed by atoms with van der Waals surface area (Å²) in [7, 11) is 1.85. The van der Waals surface area contributed by atoms with E-state index < -0.39 is 0 Å². The second-order valence-electron chi connectivity index (χ2n) is 3.93. The van der Waals surface area contributed by atoms with Gasteiger partial charge in [0, 0.05) is 13.1 Å². The number of ether oxygens (including phenoxy) is 1. The summed E-state index contributed by atoms with van der Waals surface area (Å²) in [6.45, 7) is 1.95. The maximum absolute atomic E-state index is 5.81. The topological polar surface area (TPSA) is 53.1 Å². The lowest BCUT2D eigenvalue weighted by Crippen LogP contribution is -2.04. The minimum Gasteiger partial charge on any atom is -0.453 e. The van der Waals surface area contributed by atoms with Crippen LogP contribution in [0, 0.1) is 0 Å². The second-order valence-corrected chi connectivity index (χ2v) is 4.78. The number of aryl methyl sites for hydroxylation is 1. The third-order valence-corrected chi connectivity index (χ3v) is 3.01. The van der Waals surface area contributed by atoms with Crippen LogP contribution in [-0.2, 0) is 7.05 Å². The van der Waals surface area contributed by atoms with E-state index in [2.05, 4.69) is 21.0 Å². The number of hydrogen-bond acceptors (Lipinski definition) is 3. The van der Waals surface area contributed by atoms with E-state index in [0.29, 0.717) is 5.75 Å². The van der Waals surface area contributed by atoms with E-state index >= 15 is 0 Å². The third-order valence-electron chi connectivity index (χ3n) is 2.39. The minimum atomic E-state index is 0.0127. The van der Waals surface area contributed by atoms with Crippen molar-refractivity contribution in [3.8, 4) is 11.5 Å². The number of hydrogen-bond donors (Lipinski definition) is 1. The Kier molecular flexibility index (Phi) is 3.49. The molecular weight excluding hydrogens is 282 g/mol. The Bertz CT molecular complexity index is 522. The molecule has 2 N–H and O–H groups in total. The van der Waals surface area contributed by atoms with Crippen LogP contribution in [0.5, 0.6) is 11.5 Å². The molecule has 17 heavy (non-hydrogen) atoms. The number of aromatic nitrogens is 2. The van der Waals surface area contributed by atoms with Gasteiger partial charge in [-0.1, -0.05) is 6.07 Å². The van der Waals surface area contributed by atoms with Crippen LogP contribution in [-0.4, -0.2) is 9.78 Å². The first kappa shape index (κ1) is 12.1. The van der Waals surface area contributed by atoms with Crippen LogP contribution in [0.15, 0.2) is 35.1 Å². The fourth-order valence-corrected chi connectivity index (χ4v) is 1.94. The molecule has 0 aliphatic heterocycles. The molecule has 0 saturated carbocycles. The van der Waals surface area contributed by atoms with E-state index in [1.165, 1.54) is 0 Å². The highest BCUT2D eigenvalue weighted by Gasteiger charge is 2.07. The smallest absolute Gasteiger partial charge is 0.165 e. The molecule has 1 atom stereocenters. The molecular formula is C12H14BrN3O. The first-order chi connectivity index (χ1) is 8.06. The van der Waals surface area contributed by atoms with Gasteiger partial charge < -0.3 is 10.5 Å². The summed E-state index contributed by atoms with van der Waals surface area (Å²) in [5.74, 6) is 1.46. The van der Waals surface area contributed by atoms with E-state index in [-0.39, 0.29) is 6.04 Å². The van der Waals surface area contributed by atoms with Gasteiger partial charge in [-0.25, -0.2) is 0 Å². The van der Waals surface area contributed by atoms with Crippen molar-refractivity contribution >= 4 is 15.9 Å². The molecule has 2 rings (SSSR count). The molecule has 90 valence electrons. The Hall–Kier alpha value is -1.33. The molecule has 4 nitrogen and oxygen atoms in total. The van der Waals surface area contributed by atoms with Crippen LogP contribution in [0.1, 0.15) is 18.5 Å². The molecule has 0 amide bonds. The zero-order valence-electron chi connectivity index (χ0n) is 9.72. The SMILES string of the molecule is CC(N)c1ccc(Oc2cnn(C)c2)c(Br)c1. The zero-order valence-corrected chi connectivity index (χ0v) is 11.3. The molecule has 0 spiro atoms. The Balaban J connectivity index is 2.22. The zero-order chi connectivity index (χ0) is 12.4. The minimum absolute atomic E-state index is 0.0127. The van der Waals surface area contributed by atoms with Crippen LogP contribution in [0.4, 0.5) is 0 Å². The van der Waals surface area contributed by atoms with Gasteiger partial charge in [-0.3, -0.25) is 4.68 Å². The normalized spacial score (nSPS) is 12.5. The summed E-state index contributed by atoms with van der Waals surface area (Å²) >= 11 is 3.47. The Morgan fingerprint density at radius 2 is 2.24 bits per heavy atom. The quantitative estimate of drug-likeness (QED) is 0.947. The van der Waals surface area contributed by atoms with Crippen molar-refractivity contribution in [1.82, 2.24) is 9.78 Å². The largest absolute Gasteiger partial charge is 0.453 e. The van der Waals surface area contributed by atoms with Gasteiger partial charge in [-0.05, 0) is 40.5 Å². The van der Waals surface area contributed by atoms with E-state index in [4.69, 9.17) is 10.5 Å². The van der Waals surface area contributed by atoms with E-state index in [9.17, 15) is 0 Å². The van der Waals surface area contributed by atoms with Crippen molar-refractivity contribution in [3.63, 3.8) is 0 Å². The van der Waals surface area contributed by atoms with Crippen molar-refractivity contribution in [2.24, 2.45) is 12.8 Å². The van der Waals surface area contributed by atoms with Crippen LogP contribution in [0.25, 0.3) is 0 Å². The van der Waals surface area contributed by atoms with E-state index in [1.54, 1.807) is 10.9 Å². The van der Waals surface area contributed by atoms with Gasteiger partial charge in [-0.2, -0.15) is 5.10 Å². The fourth-order valence-electron chi connectivity index (χ4n) is 1.46. The Labute approximate surface area is 109 Å². The molecule has 0 aliphatic rings. The second kappa shape index (κ2) is 4.89. The lowest BCUT2D eigenvalue weighted by Gasteiger charge is -2.09. The summed E-state index contributed by atoms with van der Waals surface area (Å²) in [5.41, 5.74) is 6.88. The molecule has 0 saturated heterocycles. The Morgan fingerprint density at radius 1 is 1.47 bits per heavy atom. The van der Waals surface area contributed by atoms with Gasteiger partial charge >= 0.3 is 0 Å². The molecule has 5 heteroatoms. The third kappa shape index (κ3) is 2.87. The summed E-state index contributed by atoms with van der Waals surface area (Å²) in [6, 6.07) is 5.84. The number of benzene rings is 1. The summed E-state index contributed by atoms with van der Waals surface area (Å²) in [4.78, 5) is 0. The highest BCUT2D eigenvalue weighted by atomic mass is 79.9. The van der Waals surface area contributed by atoms with Crippen molar-refractivity contribution in [2.75, 3.05) is 0 Å². The molecule has 0 fully saturated rings. The lowest BCUT2D eigenvalue weighted by molar-refractivity contribution is 0.478. The predicted molar refractivity (Wildman–Crippen MR) is 70.0 cm³/mol. The molecule has 0 radical (unpaired) electrons. The van der Waals surface area contributed by atoms with Crippen molar-refractivity contribution in [1.29, 1.82) is 0 Å². The van der Waals surface area contributed by atoms with E-state index in [0.717, 1.165) is 15.8 Å². The van der Waals surface area contributed by atoms with Gasteiger partial charge in [0.2, 0.25) is 0 Å².